The molecule has 0 atom stereocenters. The predicted octanol–water partition coefficient (Wildman–Crippen LogP) is 6.55. The molecule has 0 fully saturated rings. The molecule has 2 aromatic heterocycles. The maximum absolute atomic E-state index is 6.16. The summed E-state index contributed by atoms with van der Waals surface area (Å²) in [7, 11) is 0. The first-order valence-electron chi connectivity index (χ1n) is 8.43. The highest BCUT2D eigenvalue weighted by Crippen LogP contribution is 2.28. The second kappa shape index (κ2) is 9.01. The normalized spacial score (nSPS) is 11.5. The summed E-state index contributed by atoms with van der Waals surface area (Å²) in [6.07, 6.45) is 3.66. The first-order valence-corrected chi connectivity index (χ1v) is 11.0. The molecule has 0 aliphatic carbocycles. The molecule has 0 unspecified atom stereocenters. The van der Waals surface area contributed by atoms with Gasteiger partial charge in [-0.1, -0.05) is 76.5 Å². The van der Waals surface area contributed by atoms with Gasteiger partial charge in [-0.25, -0.2) is 4.98 Å². The number of imidazole rings is 1. The summed E-state index contributed by atoms with van der Waals surface area (Å²) in [5.41, 5.74) is 2.86. The van der Waals surface area contributed by atoms with E-state index in [4.69, 9.17) is 33.0 Å². The Hall–Kier alpha value is -1.99. The van der Waals surface area contributed by atoms with Crippen LogP contribution in [0, 0.1) is 0 Å². The molecule has 4 rings (SSSR count). The summed E-state index contributed by atoms with van der Waals surface area (Å²) in [5.74, 6) is 0.836. The Balaban J connectivity index is 1.49. The Kier molecular flexibility index (Phi) is 6.22. The van der Waals surface area contributed by atoms with E-state index in [0.717, 1.165) is 27.0 Å². The Morgan fingerprint density at radius 1 is 1.11 bits per heavy atom. The number of halogens is 2. The van der Waals surface area contributed by atoms with E-state index in [-0.39, 0.29) is 6.61 Å². The Labute approximate surface area is 180 Å². The van der Waals surface area contributed by atoms with Crippen molar-refractivity contribution in [3.8, 4) is 0 Å². The maximum Gasteiger partial charge on any atom is 0.195 e. The van der Waals surface area contributed by atoms with Crippen LogP contribution in [0.4, 0.5) is 0 Å². The monoisotopic (exact) mass is 447 g/mol. The summed E-state index contributed by atoms with van der Waals surface area (Å²) in [6, 6.07) is 15.7. The minimum Gasteiger partial charge on any atom is -0.391 e. The van der Waals surface area contributed by atoms with Crippen molar-refractivity contribution in [1.82, 2.24) is 9.38 Å². The Morgan fingerprint density at radius 2 is 1.89 bits per heavy atom. The van der Waals surface area contributed by atoms with Crippen LogP contribution in [0.5, 0.6) is 0 Å². The molecule has 0 spiro atoms. The van der Waals surface area contributed by atoms with E-state index in [1.807, 2.05) is 34.2 Å². The van der Waals surface area contributed by atoms with Crippen molar-refractivity contribution in [2.24, 2.45) is 5.16 Å². The zero-order valence-corrected chi connectivity index (χ0v) is 17.7. The highest BCUT2D eigenvalue weighted by Gasteiger charge is 2.13. The number of oxime groups is 1. The van der Waals surface area contributed by atoms with Crippen LogP contribution in [0.1, 0.15) is 16.8 Å². The lowest BCUT2D eigenvalue weighted by Crippen LogP contribution is -1.94. The molecule has 0 aliphatic heterocycles. The van der Waals surface area contributed by atoms with E-state index < -0.39 is 0 Å². The third-order valence-corrected chi connectivity index (χ3v) is 6.52. The number of fused-ring (bicyclic) bond motifs is 1. The molecule has 0 radical (unpaired) electrons. The van der Waals surface area contributed by atoms with Crippen LogP contribution in [0.2, 0.25) is 10.0 Å². The molecule has 0 N–H and O–H groups in total. The molecule has 0 saturated heterocycles. The maximum atomic E-state index is 6.16. The summed E-state index contributed by atoms with van der Waals surface area (Å²) < 4.78 is 2.01. The van der Waals surface area contributed by atoms with Gasteiger partial charge in [0.25, 0.3) is 0 Å². The molecule has 28 heavy (non-hydrogen) atoms. The SMILES string of the molecule is Clc1cccc(Cl)c1CO/N=C\c1c(SCc2ccccc2)nc2sccn12. The number of aromatic nitrogens is 2. The van der Waals surface area contributed by atoms with Crippen LogP contribution in [0.25, 0.3) is 4.96 Å². The average Bonchev–Trinajstić information content (AvgIpc) is 3.28. The van der Waals surface area contributed by atoms with Crippen molar-refractivity contribution >= 4 is 57.5 Å². The third kappa shape index (κ3) is 4.36. The van der Waals surface area contributed by atoms with E-state index in [1.165, 1.54) is 5.56 Å². The second-order valence-corrected chi connectivity index (χ2v) is 8.49. The van der Waals surface area contributed by atoms with E-state index in [9.17, 15) is 0 Å². The van der Waals surface area contributed by atoms with Gasteiger partial charge in [-0.2, -0.15) is 0 Å². The van der Waals surface area contributed by atoms with Crippen LogP contribution in [0.15, 0.2) is 70.3 Å². The van der Waals surface area contributed by atoms with Gasteiger partial charge in [-0.15, -0.1) is 11.3 Å². The van der Waals surface area contributed by atoms with E-state index in [0.29, 0.717) is 10.0 Å². The molecule has 0 bridgehead atoms. The zero-order valence-electron chi connectivity index (χ0n) is 14.6. The lowest BCUT2D eigenvalue weighted by molar-refractivity contribution is 0.132. The van der Waals surface area contributed by atoms with Gasteiger partial charge in [0.1, 0.15) is 17.3 Å². The fraction of sp³-hybridized carbons (Fsp3) is 0.100. The van der Waals surface area contributed by atoms with Gasteiger partial charge in [0.05, 0.1) is 6.21 Å². The Bertz CT molecular complexity index is 1090. The lowest BCUT2D eigenvalue weighted by atomic mass is 10.2. The highest BCUT2D eigenvalue weighted by molar-refractivity contribution is 7.98. The van der Waals surface area contributed by atoms with Crippen molar-refractivity contribution in [1.29, 1.82) is 0 Å². The number of hydrogen-bond donors (Lipinski definition) is 0. The standard InChI is InChI=1S/C20H15Cl2N3OS2/c21-16-7-4-8-17(22)15(16)12-26-23-11-18-19(24-20-25(18)9-10-27-20)28-13-14-5-2-1-3-6-14/h1-11H,12-13H2/b23-11-. The number of thioether (sulfide) groups is 1. The first kappa shape index (κ1) is 19.3. The quantitative estimate of drug-likeness (QED) is 0.183. The molecule has 2 heterocycles. The zero-order chi connectivity index (χ0) is 19.3. The number of thiazole rings is 1. The summed E-state index contributed by atoms with van der Waals surface area (Å²) in [5, 5.41) is 8.16. The van der Waals surface area contributed by atoms with Crippen LogP contribution < -0.4 is 0 Å². The van der Waals surface area contributed by atoms with Crippen molar-refractivity contribution in [2.75, 3.05) is 0 Å². The third-order valence-electron chi connectivity index (χ3n) is 4.00. The van der Waals surface area contributed by atoms with Crippen LogP contribution >= 0.6 is 46.3 Å². The molecule has 0 saturated carbocycles. The van der Waals surface area contributed by atoms with Gasteiger partial charge in [0, 0.05) is 32.9 Å². The van der Waals surface area contributed by atoms with E-state index in [2.05, 4.69) is 17.3 Å². The van der Waals surface area contributed by atoms with Gasteiger partial charge in [0.15, 0.2) is 4.96 Å². The smallest absolute Gasteiger partial charge is 0.195 e. The second-order valence-electron chi connectivity index (χ2n) is 5.84. The predicted molar refractivity (Wildman–Crippen MR) is 118 cm³/mol. The molecular formula is C20H15Cl2N3OS2. The van der Waals surface area contributed by atoms with Crippen molar-refractivity contribution < 1.29 is 4.84 Å². The van der Waals surface area contributed by atoms with Crippen molar-refractivity contribution in [3.05, 3.63) is 87.0 Å². The van der Waals surface area contributed by atoms with Gasteiger partial charge in [-0.3, -0.25) is 4.40 Å². The van der Waals surface area contributed by atoms with Gasteiger partial charge < -0.3 is 4.84 Å². The molecule has 0 amide bonds. The topological polar surface area (TPSA) is 38.9 Å². The van der Waals surface area contributed by atoms with Gasteiger partial charge >= 0.3 is 0 Å². The lowest BCUT2D eigenvalue weighted by Gasteiger charge is -2.05. The van der Waals surface area contributed by atoms with E-state index in [1.54, 1.807) is 47.5 Å². The molecule has 0 aliphatic rings. The number of rotatable bonds is 7. The first-order chi connectivity index (χ1) is 13.7. The molecule has 2 aromatic carbocycles. The molecular weight excluding hydrogens is 433 g/mol. The number of nitrogens with zero attached hydrogens (tertiary/aromatic N) is 3. The average molecular weight is 448 g/mol. The van der Waals surface area contributed by atoms with Crippen LogP contribution in [-0.2, 0) is 17.2 Å². The van der Waals surface area contributed by atoms with Crippen LogP contribution in [0.3, 0.4) is 0 Å². The summed E-state index contributed by atoms with van der Waals surface area (Å²) in [6.45, 7) is 0.201. The molecule has 8 heteroatoms. The highest BCUT2D eigenvalue weighted by atomic mass is 35.5. The molecule has 4 nitrogen and oxygen atoms in total. The minimum absolute atomic E-state index is 0.201. The molecule has 142 valence electrons. The summed E-state index contributed by atoms with van der Waals surface area (Å²) >= 11 is 15.6. The number of hydrogen-bond acceptors (Lipinski definition) is 5. The Morgan fingerprint density at radius 3 is 2.68 bits per heavy atom. The van der Waals surface area contributed by atoms with Crippen LogP contribution in [-0.4, -0.2) is 15.6 Å². The molecule has 4 aromatic rings. The largest absolute Gasteiger partial charge is 0.391 e. The minimum atomic E-state index is 0.201. The number of benzene rings is 2. The fourth-order valence-corrected chi connectivity index (χ4v) is 4.82. The van der Waals surface area contributed by atoms with Gasteiger partial charge in [-0.05, 0) is 17.7 Å². The van der Waals surface area contributed by atoms with Crippen molar-refractivity contribution in [2.45, 2.75) is 17.4 Å². The summed E-state index contributed by atoms with van der Waals surface area (Å²) in [4.78, 5) is 11.1. The van der Waals surface area contributed by atoms with Crippen molar-refractivity contribution in [3.63, 3.8) is 0 Å². The fourth-order valence-electron chi connectivity index (χ4n) is 2.59. The van der Waals surface area contributed by atoms with Gasteiger partial charge in [0.2, 0.25) is 0 Å². The van der Waals surface area contributed by atoms with E-state index >= 15 is 0 Å².